The average Bonchev–Trinajstić information content (AvgIpc) is 2.48. The van der Waals surface area contributed by atoms with Gasteiger partial charge in [0.05, 0.1) is 25.9 Å². The quantitative estimate of drug-likeness (QED) is 0.657. The van der Waals surface area contributed by atoms with Crippen molar-refractivity contribution in [1.29, 1.82) is 0 Å². The maximum absolute atomic E-state index is 9.95. The van der Waals surface area contributed by atoms with Crippen molar-refractivity contribution in [3.05, 3.63) is 35.9 Å². The lowest BCUT2D eigenvalue weighted by Gasteiger charge is -2.23. The molecule has 120 valence electrons. The molecule has 2 N–H and O–H groups in total. The van der Waals surface area contributed by atoms with E-state index in [0.717, 1.165) is 5.56 Å². The van der Waals surface area contributed by atoms with E-state index in [2.05, 4.69) is 19.2 Å². The normalized spacial score (nSPS) is 14.3. The minimum atomic E-state index is -0.503. The third-order valence-corrected chi connectivity index (χ3v) is 3.34. The molecule has 0 spiro atoms. The van der Waals surface area contributed by atoms with Gasteiger partial charge in [0.1, 0.15) is 0 Å². The smallest absolute Gasteiger partial charge is 0.0897 e. The third-order valence-electron chi connectivity index (χ3n) is 3.34. The summed E-state index contributed by atoms with van der Waals surface area (Å²) in [5, 5.41) is 13.3. The molecule has 0 aromatic heterocycles. The van der Waals surface area contributed by atoms with Gasteiger partial charge in [0.2, 0.25) is 0 Å². The number of hydrogen-bond donors (Lipinski definition) is 2. The van der Waals surface area contributed by atoms with Crippen molar-refractivity contribution in [3.63, 3.8) is 0 Å². The first-order valence-corrected chi connectivity index (χ1v) is 7.74. The lowest BCUT2D eigenvalue weighted by molar-refractivity contribution is 0.0235. The number of ether oxygens (including phenoxy) is 2. The van der Waals surface area contributed by atoms with Gasteiger partial charge >= 0.3 is 0 Å². The molecule has 0 bridgehead atoms. The predicted octanol–water partition coefficient (Wildman–Crippen LogP) is 2.21. The zero-order chi connectivity index (χ0) is 15.5. The summed E-state index contributed by atoms with van der Waals surface area (Å²) < 4.78 is 11.0. The summed E-state index contributed by atoms with van der Waals surface area (Å²) in [6, 6.07) is 10.2. The molecule has 0 fully saturated rings. The average molecular weight is 295 g/mol. The largest absolute Gasteiger partial charge is 0.389 e. The van der Waals surface area contributed by atoms with Crippen molar-refractivity contribution in [2.75, 3.05) is 26.4 Å². The van der Waals surface area contributed by atoms with Gasteiger partial charge < -0.3 is 19.9 Å². The number of aliphatic hydroxyl groups is 1. The Morgan fingerprint density at radius 3 is 2.43 bits per heavy atom. The molecule has 21 heavy (non-hydrogen) atoms. The van der Waals surface area contributed by atoms with Crippen molar-refractivity contribution < 1.29 is 14.6 Å². The van der Waals surface area contributed by atoms with E-state index in [1.54, 1.807) is 0 Å². The summed E-state index contributed by atoms with van der Waals surface area (Å²) in [6.45, 7) is 9.06. The van der Waals surface area contributed by atoms with Crippen LogP contribution in [0.1, 0.15) is 26.3 Å². The van der Waals surface area contributed by atoms with Crippen LogP contribution in [-0.4, -0.2) is 43.6 Å². The van der Waals surface area contributed by atoms with Crippen molar-refractivity contribution in [1.82, 2.24) is 5.32 Å². The van der Waals surface area contributed by atoms with Gasteiger partial charge in [-0.3, -0.25) is 0 Å². The van der Waals surface area contributed by atoms with Crippen LogP contribution in [0, 0.1) is 5.92 Å². The molecular formula is C17H29NO3. The van der Waals surface area contributed by atoms with Crippen molar-refractivity contribution >= 4 is 0 Å². The van der Waals surface area contributed by atoms with Crippen LogP contribution in [0.2, 0.25) is 0 Å². The van der Waals surface area contributed by atoms with Crippen LogP contribution in [-0.2, 0) is 16.1 Å². The minimum Gasteiger partial charge on any atom is -0.389 e. The summed E-state index contributed by atoms with van der Waals surface area (Å²) in [4.78, 5) is 0. The Morgan fingerprint density at radius 2 is 1.81 bits per heavy atom. The van der Waals surface area contributed by atoms with Crippen LogP contribution in [0.15, 0.2) is 30.3 Å². The Morgan fingerprint density at radius 1 is 1.10 bits per heavy atom. The van der Waals surface area contributed by atoms with E-state index in [4.69, 9.17) is 9.47 Å². The SMILES string of the molecule is CCOCC(NCC(O)COCc1ccccc1)C(C)C. The second-order valence-corrected chi connectivity index (χ2v) is 5.57. The summed E-state index contributed by atoms with van der Waals surface area (Å²) in [7, 11) is 0. The first-order valence-electron chi connectivity index (χ1n) is 7.74. The van der Waals surface area contributed by atoms with Gasteiger partial charge in [-0.25, -0.2) is 0 Å². The molecule has 1 aromatic carbocycles. The summed E-state index contributed by atoms with van der Waals surface area (Å²) >= 11 is 0. The lowest BCUT2D eigenvalue weighted by atomic mass is 10.1. The number of hydrogen-bond acceptors (Lipinski definition) is 4. The molecule has 2 atom stereocenters. The van der Waals surface area contributed by atoms with Crippen LogP contribution in [0.4, 0.5) is 0 Å². The van der Waals surface area contributed by atoms with E-state index in [-0.39, 0.29) is 6.04 Å². The number of aliphatic hydroxyl groups excluding tert-OH is 1. The fourth-order valence-electron chi connectivity index (χ4n) is 1.97. The van der Waals surface area contributed by atoms with E-state index < -0.39 is 6.10 Å². The standard InChI is InChI=1S/C17H29NO3/c1-4-20-13-17(14(2)3)18-10-16(19)12-21-11-15-8-6-5-7-9-15/h5-9,14,16-19H,4,10-13H2,1-3H3. The molecule has 0 aliphatic heterocycles. The predicted molar refractivity (Wildman–Crippen MR) is 85.2 cm³/mol. The third kappa shape index (κ3) is 8.17. The zero-order valence-electron chi connectivity index (χ0n) is 13.4. The maximum atomic E-state index is 9.95. The minimum absolute atomic E-state index is 0.258. The van der Waals surface area contributed by atoms with Gasteiger partial charge in [0, 0.05) is 19.2 Å². The van der Waals surface area contributed by atoms with E-state index >= 15 is 0 Å². The van der Waals surface area contributed by atoms with Crippen LogP contribution >= 0.6 is 0 Å². The molecule has 4 heteroatoms. The Kier molecular flexibility index (Phi) is 9.26. The zero-order valence-corrected chi connectivity index (χ0v) is 13.4. The van der Waals surface area contributed by atoms with Gasteiger partial charge in [0.25, 0.3) is 0 Å². The molecule has 1 aromatic rings. The second-order valence-electron chi connectivity index (χ2n) is 5.57. The molecule has 0 saturated heterocycles. The maximum Gasteiger partial charge on any atom is 0.0897 e. The van der Waals surface area contributed by atoms with E-state index in [1.807, 2.05) is 37.3 Å². The highest BCUT2D eigenvalue weighted by Crippen LogP contribution is 2.03. The highest BCUT2D eigenvalue weighted by atomic mass is 16.5. The molecule has 0 aliphatic rings. The monoisotopic (exact) mass is 295 g/mol. The molecule has 4 nitrogen and oxygen atoms in total. The molecular weight excluding hydrogens is 266 g/mol. The van der Waals surface area contributed by atoms with Crippen molar-refractivity contribution in [3.8, 4) is 0 Å². The summed E-state index contributed by atoms with van der Waals surface area (Å²) in [6.07, 6.45) is -0.503. The van der Waals surface area contributed by atoms with Crippen LogP contribution in [0.25, 0.3) is 0 Å². The summed E-state index contributed by atoms with van der Waals surface area (Å²) in [5.74, 6) is 0.467. The Bertz CT molecular complexity index is 356. The molecule has 0 aliphatic carbocycles. The first-order chi connectivity index (χ1) is 10.1. The number of rotatable bonds is 11. The molecule has 0 heterocycles. The van der Waals surface area contributed by atoms with Gasteiger partial charge in [-0.1, -0.05) is 44.2 Å². The van der Waals surface area contributed by atoms with Gasteiger partial charge in [-0.2, -0.15) is 0 Å². The van der Waals surface area contributed by atoms with Crippen LogP contribution in [0.5, 0.6) is 0 Å². The Balaban J connectivity index is 2.18. The topological polar surface area (TPSA) is 50.7 Å². The summed E-state index contributed by atoms with van der Waals surface area (Å²) in [5.41, 5.74) is 1.12. The number of benzene rings is 1. The Labute approximate surface area is 128 Å². The van der Waals surface area contributed by atoms with E-state index in [1.165, 1.54) is 0 Å². The van der Waals surface area contributed by atoms with Crippen molar-refractivity contribution in [2.24, 2.45) is 5.92 Å². The van der Waals surface area contributed by atoms with Gasteiger partial charge in [0.15, 0.2) is 0 Å². The molecule has 2 unspecified atom stereocenters. The van der Waals surface area contributed by atoms with Crippen LogP contribution < -0.4 is 5.32 Å². The highest BCUT2D eigenvalue weighted by molar-refractivity contribution is 5.13. The fraction of sp³-hybridized carbons (Fsp3) is 0.647. The molecule has 1 rings (SSSR count). The van der Waals surface area contributed by atoms with E-state index in [9.17, 15) is 5.11 Å². The number of nitrogens with one attached hydrogen (secondary N) is 1. The van der Waals surface area contributed by atoms with Gasteiger partial charge in [-0.15, -0.1) is 0 Å². The first kappa shape index (κ1) is 18.1. The second kappa shape index (κ2) is 10.7. The highest BCUT2D eigenvalue weighted by Gasteiger charge is 2.14. The van der Waals surface area contributed by atoms with E-state index in [0.29, 0.717) is 38.9 Å². The molecule has 0 amide bonds. The Hall–Kier alpha value is -0.940. The van der Waals surface area contributed by atoms with Crippen molar-refractivity contribution in [2.45, 2.75) is 39.5 Å². The molecule has 0 radical (unpaired) electrons. The fourth-order valence-corrected chi connectivity index (χ4v) is 1.97. The van der Waals surface area contributed by atoms with Gasteiger partial charge in [-0.05, 0) is 18.4 Å². The van der Waals surface area contributed by atoms with Crippen LogP contribution in [0.3, 0.4) is 0 Å². The lowest BCUT2D eigenvalue weighted by Crippen LogP contribution is -2.43. The molecule has 0 saturated carbocycles.